The molecule has 0 spiro atoms. The van der Waals surface area contributed by atoms with Crippen molar-refractivity contribution in [3.63, 3.8) is 0 Å². The van der Waals surface area contributed by atoms with Crippen LogP contribution in [0.25, 0.3) is 0 Å². The Bertz CT molecular complexity index is 639. The zero-order valence-electron chi connectivity index (χ0n) is 11.5. The normalized spacial score (nSPS) is 13.2. The fourth-order valence-electron chi connectivity index (χ4n) is 2.61. The number of para-hydroxylation sites is 1. The molecule has 0 atom stereocenters. The summed E-state index contributed by atoms with van der Waals surface area (Å²) in [7, 11) is 0. The summed E-state index contributed by atoms with van der Waals surface area (Å²) in [6, 6.07) is 9.86. The Morgan fingerprint density at radius 1 is 1.35 bits per heavy atom. The van der Waals surface area contributed by atoms with Gasteiger partial charge in [-0.1, -0.05) is 18.2 Å². The van der Waals surface area contributed by atoms with E-state index in [1.165, 1.54) is 5.56 Å². The molecule has 0 saturated heterocycles. The van der Waals surface area contributed by atoms with Gasteiger partial charge in [0.2, 0.25) is 0 Å². The Hall–Kier alpha value is -2.36. The molecule has 1 amide bonds. The van der Waals surface area contributed by atoms with Crippen molar-refractivity contribution in [1.29, 1.82) is 0 Å². The van der Waals surface area contributed by atoms with Crippen LogP contribution in [0.15, 0.2) is 42.7 Å². The third-order valence-corrected chi connectivity index (χ3v) is 3.55. The van der Waals surface area contributed by atoms with Gasteiger partial charge in [0.05, 0.1) is 17.4 Å². The molecule has 2 aromatic rings. The second-order valence-corrected chi connectivity index (χ2v) is 4.79. The first kappa shape index (κ1) is 12.7. The van der Waals surface area contributed by atoms with Crippen molar-refractivity contribution < 1.29 is 4.79 Å². The Labute approximate surface area is 118 Å². The van der Waals surface area contributed by atoms with Crippen LogP contribution in [0.1, 0.15) is 22.8 Å². The van der Waals surface area contributed by atoms with Crippen LogP contribution in [0.3, 0.4) is 0 Å². The van der Waals surface area contributed by atoms with Crippen LogP contribution in [-0.4, -0.2) is 24.0 Å². The number of carbonyl (C=O) groups is 1. The maximum absolute atomic E-state index is 12.8. The summed E-state index contributed by atoms with van der Waals surface area (Å²) in [4.78, 5) is 18.7. The van der Waals surface area contributed by atoms with E-state index < -0.39 is 0 Å². The highest BCUT2D eigenvalue weighted by Gasteiger charge is 2.26. The molecule has 0 fully saturated rings. The van der Waals surface area contributed by atoms with Crippen molar-refractivity contribution in [2.45, 2.75) is 13.3 Å². The van der Waals surface area contributed by atoms with Crippen LogP contribution in [0.2, 0.25) is 0 Å². The summed E-state index contributed by atoms with van der Waals surface area (Å²) in [5, 5.41) is 3.19. The Kier molecular flexibility index (Phi) is 3.37. The minimum atomic E-state index is 0.0355. The number of nitrogens with zero attached hydrogens (tertiary/aromatic N) is 2. The molecule has 2 heterocycles. The lowest BCUT2D eigenvalue weighted by Gasteiger charge is -2.19. The summed E-state index contributed by atoms with van der Waals surface area (Å²) in [5.41, 5.74) is 3.74. The van der Waals surface area contributed by atoms with Gasteiger partial charge >= 0.3 is 0 Å². The second-order valence-electron chi connectivity index (χ2n) is 4.79. The largest absolute Gasteiger partial charge is 0.383 e. The number of benzene rings is 1. The van der Waals surface area contributed by atoms with Crippen molar-refractivity contribution in [2.75, 3.05) is 23.3 Å². The summed E-state index contributed by atoms with van der Waals surface area (Å²) >= 11 is 0. The summed E-state index contributed by atoms with van der Waals surface area (Å²) < 4.78 is 0. The smallest absolute Gasteiger partial charge is 0.260 e. The van der Waals surface area contributed by atoms with Gasteiger partial charge in [-0.3, -0.25) is 9.78 Å². The molecular weight excluding hydrogens is 250 g/mol. The number of rotatable bonds is 3. The van der Waals surface area contributed by atoms with E-state index in [1.807, 2.05) is 30.0 Å². The molecule has 0 aliphatic carbocycles. The summed E-state index contributed by atoms with van der Waals surface area (Å²) in [6.07, 6.45) is 4.29. The van der Waals surface area contributed by atoms with E-state index in [1.54, 1.807) is 18.5 Å². The molecular formula is C16H17N3O. The first-order valence-electron chi connectivity index (χ1n) is 6.89. The lowest BCUT2D eigenvalue weighted by atomic mass is 10.1. The van der Waals surface area contributed by atoms with Gasteiger partial charge in [0.25, 0.3) is 5.91 Å². The first-order chi connectivity index (χ1) is 9.81. The molecule has 20 heavy (non-hydrogen) atoms. The molecule has 4 heteroatoms. The SMILES string of the molecule is CCNc1cnccc1C(=O)N1CCc2ccccc21. The van der Waals surface area contributed by atoms with Gasteiger partial charge in [-0.25, -0.2) is 0 Å². The van der Waals surface area contributed by atoms with Crippen LogP contribution in [0, 0.1) is 0 Å². The van der Waals surface area contributed by atoms with Crippen LogP contribution in [0.4, 0.5) is 11.4 Å². The van der Waals surface area contributed by atoms with Crippen molar-refractivity contribution in [1.82, 2.24) is 4.98 Å². The lowest BCUT2D eigenvalue weighted by Crippen LogP contribution is -2.29. The number of hydrogen-bond donors (Lipinski definition) is 1. The molecule has 102 valence electrons. The van der Waals surface area contributed by atoms with Crippen LogP contribution in [-0.2, 0) is 6.42 Å². The molecule has 0 radical (unpaired) electrons. The van der Waals surface area contributed by atoms with E-state index in [9.17, 15) is 4.79 Å². The minimum Gasteiger partial charge on any atom is -0.383 e. The highest BCUT2D eigenvalue weighted by Crippen LogP contribution is 2.30. The number of carbonyl (C=O) groups excluding carboxylic acids is 1. The van der Waals surface area contributed by atoms with Crippen LogP contribution in [0.5, 0.6) is 0 Å². The molecule has 1 aromatic heterocycles. The highest BCUT2D eigenvalue weighted by molar-refractivity contribution is 6.10. The fourth-order valence-corrected chi connectivity index (χ4v) is 2.61. The van der Waals surface area contributed by atoms with Gasteiger partial charge in [-0.05, 0) is 31.0 Å². The molecule has 1 N–H and O–H groups in total. The summed E-state index contributed by atoms with van der Waals surface area (Å²) in [5.74, 6) is 0.0355. The van der Waals surface area contributed by atoms with E-state index in [0.717, 1.165) is 30.9 Å². The molecule has 0 bridgehead atoms. The molecule has 0 unspecified atom stereocenters. The van der Waals surface area contributed by atoms with Crippen LogP contribution >= 0.6 is 0 Å². The molecule has 1 aromatic carbocycles. The maximum atomic E-state index is 12.8. The zero-order valence-corrected chi connectivity index (χ0v) is 11.5. The molecule has 1 aliphatic heterocycles. The minimum absolute atomic E-state index is 0.0355. The molecule has 1 aliphatic rings. The van der Waals surface area contributed by atoms with Gasteiger partial charge in [-0.2, -0.15) is 0 Å². The van der Waals surface area contributed by atoms with E-state index in [-0.39, 0.29) is 5.91 Å². The van der Waals surface area contributed by atoms with E-state index in [4.69, 9.17) is 0 Å². The number of hydrogen-bond acceptors (Lipinski definition) is 3. The van der Waals surface area contributed by atoms with Crippen molar-refractivity contribution in [2.24, 2.45) is 0 Å². The highest BCUT2D eigenvalue weighted by atomic mass is 16.2. The molecule has 0 saturated carbocycles. The van der Waals surface area contributed by atoms with Crippen molar-refractivity contribution >= 4 is 17.3 Å². The van der Waals surface area contributed by atoms with Gasteiger partial charge in [0.15, 0.2) is 0 Å². The third kappa shape index (κ3) is 2.13. The Morgan fingerprint density at radius 2 is 2.20 bits per heavy atom. The average molecular weight is 267 g/mol. The van der Waals surface area contributed by atoms with Gasteiger partial charge in [0, 0.05) is 25.0 Å². The van der Waals surface area contributed by atoms with Gasteiger partial charge < -0.3 is 10.2 Å². The number of fused-ring (bicyclic) bond motifs is 1. The van der Waals surface area contributed by atoms with Crippen molar-refractivity contribution in [3.8, 4) is 0 Å². The van der Waals surface area contributed by atoms with Gasteiger partial charge in [0.1, 0.15) is 0 Å². The summed E-state index contributed by atoms with van der Waals surface area (Å²) in [6.45, 7) is 3.51. The molecule has 3 rings (SSSR count). The molecule has 4 nitrogen and oxygen atoms in total. The third-order valence-electron chi connectivity index (χ3n) is 3.55. The average Bonchev–Trinajstić information content (AvgIpc) is 2.91. The van der Waals surface area contributed by atoms with E-state index >= 15 is 0 Å². The van der Waals surface area contributed by atoms with E-state index in [0.29, 0.717) is 5.56 Å². The number of aromatic nitrogens is 1. The Balaban J connectivity index is 1.95. The zero-order chi connectivity index (χ0) is 13.9. The number of nitrogens with one attached hydrogen (secondary N) is 1. The van der Waals surface area contributed by atoms with Gasteiger partial charge in [-0.15, -0.1) is 0 Å². The number of amides is 1. The first-order valence-corrected chi connectivity index (χ1v) is 6.89. The Morgan fingerprint density at radius 3 is 3.05 bits per heavy atom. The second kappa shape index (κ2) is 5.33. The predicted molar refractivity (Wildman–Crippen MR) is 80.2 cm³/mol. The number of pyridine rings is 1. The van der Waals surface area contributed by atoms with Crippen LogP contribution < -0.4 is 10.2 Å². The predicted octanol–water partition coefficient (Wildman–Crippen LogP) is 2.72. The van der Waals surface area contributed by atoms with E-state index in [2.05, 4.69) is 16.4 Å². The fraction of sp³-hybridized carbons (Fsp3) is 0.250. The lowest BCUT2D eigenvalue weighted by molar-refractivity contribution is 0.0990. The van der Waals surface area contributed by atoms with Crippen molar-refractivity contribution in [3.05, 3.63) is 53.9 Å². The quantitative estimate of drug-likeness (QED) is 0.930. The monoisotopic (exact) mass is 267 g/mol. The standard InChI is InChI=1S/C16H17N3O/c1-2-18-14-11-17-9-7-13(14)16(20)19-10-8-12-5-3-4-6-15(12)19/h3-7,9,11,18H,2,8,10H2,1H3. The topological polar surface area (TPSA) is 45.2 Å². The maximum Gasteiger partial charge on any atom is 0.260 e. The number of anilines is 2.